The van der Waals surface area contributed by atoms with Crippen LogP contribution in [0.25, 0.3) is 5.57 Å². The summed E-state index contributed by atoms with van der Waals surface area (Å²) >= 11 is 11.8. The molecule has 170 valence electrons. The molecule has 1 fully saturated rings. The van der Waals surface area contributed by atoms with Gasteiger partial charge >= 0.3 is 6.18 Å². The van der Waals surface area contributed by atoms with Gasteiger partial charge in [-0.3, -0.25) is 9.59 Å². The first-order chi connectivity index (χ1) is 14.8. The topological polar surface area (TPSA) is 37.4 Å². The van der Waals surface area contributed by atoms with E-state index in [1.54, 1.807) is 13.8 Å². The molecule has 0 bridgehead atoms. The number of carbonyl (C=O) groups is 2. The average molecular weight is 488 g/mol. The second-order valence-corrected chi connectivity index (χ2v) is 8.85. The first-order valence-corrected chi connectivity index (χ1v) is 10.4. The molecule has 3 rings (SSSR count). The molecule has 9 heteroatoms. The standard InChI is InChI=1S/C23H19Cl2F4NO2/c1-13(2)21(32)30-11-22(26,12-30)16-5-3-14(4-6-16)20(31)19(10-23(27,28)29)15-7-17(24)9-18(25)8-15/h3-10,13H,11-12H2,1-2H3. The fourth-order valence-electron chi connectivity index (χ4n) is 3.49. The molecular weight excluding hydrogens is 469 g/mol. The van der Waals surface area contributed by atoms with Crippen LogP contribution in [0.15, 0.2) is 48.5 Å². The lowest BCUT2D eigenvalue weighted by Gasteiger charge is -2.45. The van der Waals surface area contributed by atoms with Crippen LogP contribution in [0.4, 0.5) is 17.6 Å². The molecule has 3 nitrogen and oxygen atoms in total. The second kappa shape index (κ2) is 8.87. The molecular formula is C23H19Cl2F4NO2. The van der Waals surface area contributed by atoms with E-state index >= 15 is 4.39 Å². The zero-order valence-corrected chi connectivity index (χ0v) is 18.7. The predicted octanol–water partition coefficient (Wildman–Crippen LogP) is 6.49. The van der Waals surface area contributed by atoms with Gasteiger partial charge < -0.3 is 4.90 Å². The summed E-state index contributed by atoms with van der Waals surface area (Å²) in [6.07, 6.45) is -4.87. The van der Waals surface area contributed by atoms with E-state index in [1.165, 1.54) is 47.4 Å². The van der Waals surface area contributed by atoms with Crippen LogP contribution in [0, 0.1) is 5.92 Å². The van der Waals surface area contributed by atoms with Crippen LogP contribution in [-0.2, 0) is 10.5 Å². The summed E-state index contributed by atoms with van der Waals surface area (Å²) in [5, 5.41) is 0.155. The lowest BCUT2D eigenvalue weighted by atomic mass is 9.86. The molecule has 0 saturated carbocycles. The molecule has 1 amide bonds. The van der Waals surface area contributed by atoms with Gasteiger partial charge in [0, 0.05) is 33.2 Å². The molecule has 2 aromatic rings. The number of likely N-dealkylation sites (tertiary alicyclic amines) is 1. The van der Waals surface area contributed by atoms with E-state index in [9.17, 15) is 22.8 Å². The van der Waals surface area contributed by atoms with Crippen molar-refractivity contribution >= 4 is 40.5 Å². The van der Waals surface area contributed by atoms with Gasteiger partial charge in [-0.25, -0.2) is 4.39 Å². The van der Waals surface area contributed by atoms with Crippen LogP contribution in [0.2, 0.25) is 10.0 Å². The molecule has 0 aromatic heterocycles. The summed E-state index contributed by atoms with van der Waals surface area (Å²) in [6.45, 7) is 3.22. The summed E-state index contributed by atoms with van der Waals surface area (Å²) in [7, 11) is 0. The highest BCUT2D eigenvalue weighted by molar-refractivity contribution is 6.36. The molecule has 0 spiro atoms. The van der Waals surface area contributed by atoms with E-state index in [-0.39, 0.29) is 57.7 Å². The minimum atomic E-state index is -4.76. The number of halogens is 6. The van der Waals surface area contributed by atoms with Crippen molar-refractivity contribution in [3.63, 3.8) is 0 Å². The van der Waals surface area contributed by atoms with Crippen LogP contribution >= 0.6 is 23.2 Å². The largest absolute Gasteiger partial charge is 0.410 e. The van der Waals surface area contributed by atoms with Gasteiger partial charge in [-0.05, 0) is 29.3 Å². The predicted molar refractivity (Wildman–Crippen MR) is 115 cm³/mol. The number of Topliss-reactive ketones (excluding diaryl/α,β-unsaturated/α-hetero) is 1. The fourth-order valence-corrected chi connectivity index (χ4v) is 4.02. The van der Waals surface area contributed by atoms with Gasteiger partial charge in [0.15, 0.2) is 11.5 Å². The molecule has 0 radical (unpaired) electrons. The van der Waals surface area contributed by atoms with Crippen LogP contribution in [-0.4, -0.2) is 35.9 Å². The van der Waals surface area contributed by atoms with Crippen molar-refractivity contribution in [1.82, 2.24) is 4.90 Å². The van der Waals surface area contributed by atoms with Gasteiger partial charge in [-0.1, -0.05) is 61.3 Å². The Morgan fingerprint density at radius 1 is 1.00 bits per heavy atom. The molecule has 2 aromatic carbocycles. The normalized spacial score (nSPS) is 16.2. The van der Waals surface area contributed by atoms with Gasteiger partial charge in [0.1, 0.15) is 0 Å². The number of carbonyl (C=O) groups excluding carboxylic acids is 2. The van der Waals surface area contributed by atoms with Crippen molar-refractivity contribution in [2.24, 2.45) is 5.92 Å². The molecule has 1 aliphatic heterocycles. The third-order valence-corrected chi connectivity index (χ3v) is 5.52. The highest BCUT2D eigenvalue weighted by Gasteiger charge is 2.47. The van der Waals surface area contributed by atoms with Gasteiger partial charge in [-0.15, -0.1) is 0 Å². The lowest BCUT2D eigenvalue weighted by molar-refractivity contribution is -0.149. The van der Waals surface area contributed by atoms with Gasteiger partial charge in [0.05, 0.1) is 13.1 Å². The zero-order valence-electron chi connectivity index (χ0n) is 17.1. The van der Waals surface area contributed by atoms with Gasteiger partial charge in [0.25, 0.3) is 0 Å². The molecule has 0 unspecified atom stereocenters. The van der Waals surface area contributed by atoms with Crippen molar-refractivity contribution in [3.05, 3.63) is 75.3 Å². The maximum absolute atomic E-state index is 15.1. The molecule has 1 saturated heterocycles. The van der Waals surface area contributed by atoms with Crippen molar-refractivity contribution in [3.8, 4) is 0 Å². The Kier molecular flexibility index (Phi) is 6.72. The van der Waals surface area contributed by atoms with E-state index in [4.69, 9.17) is 23.2 Å². The van der Waals surface area contributed by atoms with Gasteiger partial charge in [0.2, 0.25) is 5.91 Å². The van der Waals surface area contributed by atoms with Gasteiger partial charge in [-0.2, -0.15) is 13.2 Å². The van der Waals surface area contributed by atoms with Crippen LogP contribution in [0.5, 0.6) is 0 Å². The molecule has 0 aliphatic carbocycles. The smallest absolute Gasteiger partial charge is 0.335 e. The Labute approximate surface area is 192 Å². The SMILES string of the molecule is CC(C)C(=O)N1CC(F)(c2ccc(C(=O)C(=CC(F)(F)F)c3cc(Cl)cc(Cl)c3)cc2)C1. The van der Waals surface area contributed by atoms with E-state index in [0.717, 1.165) is 0 Å². The molecule has 1 aliphatic rings. The average Bonchev–Trinajstić information content (AvgIpc) is 2.67. The summed E-state index contributed by atoms with van der Waals surface area (Å²) in [4.78, 5) is 26.3. The number of alkyl halides is 4. The van der Waals surface area contributed by atoms with Crippen molar-refractivity contribution < 1.29 is 27.2 Å². The molecule has 0 atom stereocenters. The first kappa shape index (κ1) is 24.3. The van der Waals surface area contributed by atoms with Crippen LogP contribution in [0.3, 0.4) is 0 Å². The summed E-state index contributed by atoms with van der Waals surface area (Å²) in [6, 6.07) is 8.99. The van der Waals surface area contributed by atoms with E-state index in [0.29, 0.717) is 0 Å². The number of amides is 1. The Hall–Kier alpha value is -2.38. The molecule has 1 heterocycles. The summed E-state index contributed by atoms with van der Waals surface area (Å²) in [5.41, 5.74) is -2.30. The van der Waals surface area contributed by atoms with E-state index < -0.39 is 23.2 Å². The third kappa shape index (κ3) is 5.33. The number of hydrogen-bond donors (Lipinski definition) is 0. The summed E-state index contributed by atoms with van der Waals surface area (Å²) < 4.78 is 54.5. The number of hydrogen-bond acceptors (Lipinski definition) is 2. The Morgan fingerprint density at radius 3 is 2.00 bits per heavy atom. The zero-order chi connectivity index (χ0) is 23.8. The summed E-state index contributed by atoms with van der Waals surface area (Å²) in [5.74, 6) is -1.32. The number of nitrogens with zero attached hydrogens (tertiary/aromatic N) is 1. The first-order valence-electron chi connectivity index (χ1n) is 9.68. The highest BCUT2D eigenvalue weighted by Crippen LogP contribution is 2.37. The Bertz CT molecular complexity index is 1050. The minimum absolute atomic E-state index is 0.0571. The quantitative estimate of drug-likeness (QED) is 0.274. The highest BCUT2D eigenvalue weighted by atomic mass is 35.5. The molecule has 0 N–H and O–H groups in total. The monoisotopic (exact) mass is 487 g/mol. The Balaban J connectivity index is 1.87. The molecule has 32 heavy (non-hydrogen) atoms. The number of rotatable bonds is 5. The third-order valence-electron chi connectivity index (χ3n) is 5.08. The maximum atomic E-state index is 15.1. The van der Waals surface area contributed by atoms with E-state index in [1.807, 2.05) is 0 Å². The Morgan fingerprint density at radius 2 is 1.53 bits per heavy atom. The van der Waals surface area contributed by atoms with Crippen molar-refractivity contribution in [2.75, 3.05) is 13.1 Å². The minimum Gasteiger partial charge on any atom is -0.335 e. The van der Waals surface area contributed by atoms with Crippen LogP contribution in [0.1, 0.15) is 35.3 Å². The lowest BCUT2D eigenvalue weighted by Crippen LogP contribution is -2.59. The van der Waals surface area contributed by atoms with Crippen molar-refractivity contribution in [2.45, 2.75) is 25.7 Å². The van der Waals surface area contributed by atoms with E-state index in [2.05, 4.69) is 0 Å². The maximum Gasteiger partial charge on any atom is 0.410 e. The number of benzene rings is 2. The van der Waals surface area contributed by atoms with Crippen molar-refractivity contribution in [1.29, 1.82) is 0 Å². The number of ketones is 1. The number of allylic oxidation sites excluding steroid dienone is 2. The van der Waals surface area contributed by atoms with Crippen LogP contribution < -0.4 is 0 Å². The fraction of sp³-hybridized carbons (Fsp3) is 0.304. The second-order valence-electron chi connectivity index (χ2n) is 7.98.